The molecule has 0 radical (unpaired) electrons. The summed E-state index contributed by atoms with van der Waals surface area (Å²) in [6, 6.07) is 16.1. The number of nitrogens with one attached hydrogen (secondary N) is 1. The van der Waals surface area contributed by atoms with Crippen molar-refractivity contribution in [3.63, 3.8) is 0 Å². The van der Waals surface area contributed by atoms with Gasteiger partial charge in [0.25, 0.3) is 0 Å². The van der Waals surface area contributed by atoms with Crippen molar-refractivity contribution in [2.45, 2.75) is 25.2 Å². The van der Waals surface area contributed by atoms with Crippen LogP contribution in [-0.4, -0.2) is 23.3 Å². The van der Waals surface area contributed by atoms with Gasteiger partial charge in [-0.3, -0.25) is 4.79 Å². The van der Waals surface area contributed by atoms with Crippen molar-refractivity contribution in [3.8, 4) is 17.0 Å². The number of carbonyl (C=O) groups excluding carboxylic acids is 1. The fraction of sp³-hybridized carbons (Fsp3) is 0.238. The van der Waals surface area contributed by atoms with Crippen LogP contribution in [0.5, 0.6) is 5.75 Å². The first-order chi connectivity index (χ1) is 13.1. The van der Waals surface area contributed by atoms with Gasteiger partial charge in [0.2, 0.25) is 5.91 Å². The molecule has 0 saturated carbocycles. The molecule has 4 nitrogen and oxygen atoms in total. The molecule has 1 amide bonds. The summed E-state index contributed by atoms with van der Waals surface area (Å²) in [6.45, 7) is 4.68. The number of benzene rings is 2. The van der Waals surface area contributed by atoms with E-state index in [9.17, 15) is 4.79 Å². The van der Waals surface area contributed by atoms with Crippen LogP contribution in [0.2, 0.25) is 0 Å². The van der Waals surface area contributed by atoms with Crippen LogP contribution >= 0.6 is 23.1 Å². The van der Waals surface area contributed by atoms with Crippen molar-refractivity contribution in [3.05, 3.63) is 59.5 Å². The highest BCUT2D eigenvalue weighted by Crippen LogP contribution is 2.27. The Morgan fingerprint density at radius 3 is 2.59 bits per heavy atom. The van der Waals surface area contributed by atoms with Gasteiger partial charge in [-0.1, -0.05) is 17.7 Å². The third-order valence-corrected chi connectivity index (χ3v) is 5.60. The predicted octanol–water partition coefficient (Wildman–Crippen LogP) is 5.64. The molecule has 3 rings (SSSR count). The zero-order chi connectivity index (χ0) is 19.1. The first kappa shape index (κ1) is 19.5. The van der Waals surface area contributed by atoms with E-state index in [2.05, 4.69) is 41.5 Å². The molecule has 1 N–H and O–H groups in total. The molecule has 0 bridgehead atoms. The van der Waals surface area contributed by atoms with Gasteiger partial charge in [-0.2, -0.15) is 0 Å². The molecule has 27 heavy (non-hydrogen) atoms. The molecule has 0 unspecified atom stereocenters. The van der Waals surface area contributed by atoms with Crippen LogP contribution in [0.1, 0.15) is 18.9 Å². The zero-order valence-electron chi connectivity index (χ0n) is 15.4. The second-order valence-corrected chi connectivity index (χ2v) is 7.98. The Balaban J connectivity index is 1.49. The molecule has 0 aliphatic rings. The van der Waals surface area contributed by atoms with Crippen molar-refractivity contribution < 1.29 is 9.53 Å². The number of hydrogen-bond acceptors (Lipinski definition) is 5. The quantitative estimate of drug-likeness (QED) is 0.499. The van der Waals surface area contributed by atoms with E-state index in [1.54, 1.807) is 11.8 Å². The molecule has 1 aromatic heterocycles. The third-order valence-electron chi connectivity index (χ3n) is 3.83. The highest BCUT2D eigenvalue weighted by Gasteiger charge is 2.08. The molecule has 0 aliphatic heterocycles. The van der Waals surface area contributed by atoms with Crippen molar-refractivity contribution in [2.75, 3.05) is 17.7 Å². The van der Waals surface area contributed by atoms with Crippen LogP contribution in [0.3, 0.4) is 0 Å². The number of rotatable bonds is 8. The maximum atomic E-state index is 12.1. The van der Waals surface area contributed by atoms with Crippen molar-refractivity contribution in [1.29, 1.82) is 0 Å². The van der Waals surface area contributed by atoms with Crippen molar-refractivity contribution in [1.82, 2.24) is 4.98 Å². The van der Waals surface area contributed by atoms with Crippen LogP contribution in [0, 0.1) is 6.92 Å². The van der Waals surface area contributed by atoms with Crippen LogP contribution < -0.4 is 10.1 Å². The van der Waals surface area contributed by atoms with Crippen LogP contribution in [0.15, 0.2) is 58.8 Å². The molecule has 1 heterocycles. The minimum absolute atomic E-state index is 0.0118. The molecule has 0 fully saturated rings. The minimum Gasteiger partial charge on any atom is -0.494 e. The molecule has 0 atom stereocenters. The van der Waals surface area contributed by atoms with E-state index in [-0.39, 0.29) is 5.91 Å². The maximum Gasteiger partial charge on any atom is 0.226 e. The first-order valence-corrected chi connectivity index (χ1v) is 10.7. The summed E-state index contributed by atoms with van der Waals surface area (Å²) >= 11 is 3.12. The molecule has 6 heteroatoms. The Morgan fingerprint density at radius 2 is 1.89 bits per heavy atom. The number of thioether (sulfide) groups is 1. The summed E-state index contributed by atoms with van der Waals surface area (Å²) in [5, 5.41) is 5.47. The summed E-state index contributed by atoms with van der Waals surface area (Å²) in [4.78, 5) is 17.8. The van der Waals surface area contributed by atoms with E-state index in [0.717, 1.165) is 22.8 Å². The van der Waals surface area contributed by atoms with Crippen LogP contribution in [-0.2, 0) is 4.79 Å². The molecule has 0 saturated heterocycles. The number of ether oxygens (including phenoxy) is 1. The molecular weight excluding hydrogens is 376 g/mol. The number of hydrogen-bond donors (Lipinski definition) is 1. The third kappa shape index (κ3) is 5.84. The highest BCUT2D eigenvalue weighted by atomic mass is 32.2. The van der Waals surface area contributed by atoms with Gasteiger partial charge in [0.05, 0.1) is 12.3 Å². The Labute approximate surface area is 168 Å². The van der Waals surface area contributed by atoms with Gasteiger partial charge in [-0.15, -0.1) is 23.1 Å². The van der Waals surface area contributed by atoms with Gasteiger partial charge >= 0.3 is 0 Å². The molecular formula is C21H22N2O2S2. The molecule has 0 spiro atoms. The highest BCUT2D eigenvalue weighted by molar-refractivity contribution is 7.99. The van der Waals surface area contributed by atoms with Crippen molar-refractivity contribution >= 4 is 34.1 Å². The summed E-state index contributed by atoms with van der Waals surface area (Å²) in [7, 11) is 0. The number of anilines is 1. The van der Waals surface area contributed by atoms with E-state index in [1.807, 2.05) is 36.6 Å². The monoisotopic (exact) mass is 398 g/mol. The van der Waals surface area contributed by atoms with E-state index in [0.29, 0.717) is 18.2 Å². The Hall–Kier alpha value is -2.31. The van der Waals surface area contributed by atoms with Gasteiger partial charge in [-0.25, -0.2) is 4.98 Å². The Bertz CT molecular complexity index is 874. The largest absolute Gasteiger partial charge is 0.494 e. The Morgan fingerprint density at radius 1 is 1.15 bits per heavy atom. The van der Waals surface area contributed by atoms with Gasteiger partial charge in [0.1, 0.15) is 5.75 Å². The SMILES string of the molecule is CCOc1ccc(-c2csc(NC(=O)CCSc3ccc(C)cc3)n2)cc1. The summed E-state index contributed by atoms with van der Waals surface area (Å²) in [5.74, 6) is 1.57. The summed E-state index contributed by atoms with van der Waals surface area (Å²) < 4.78 is 5.45. The standard InChI is InChI=1S/C21H22N2O2S2/c1-3-25-17-8-6-16(7-9-17)19-14-27-21(22-19)23-20(24)12-13-26-18-10-4-15(2)5-11-18/h4-11,14H,3,12-13H2,1-2H3,(H,22,23,24). The van der Waals surface area contributed by atoms with Gasteiger partial charge in [-0.05, 0) is 50.2 Å². The van der Waals surface area contributed by atoms with E-state index >= 15 is 0 Å². The second kappa shape index (κ2) is 9.58. The maximum absolute atomic E-state index is 12.1. The van der Waals surface area contributed by atoms with Gasteiger partial charge in [0.15, 0.2) is 5.13 Å². The van der Waals surface area contributed by atoms with E-state index < -0.39 is 0 Å². The van der Waals surface area contributed by atoms with Crippen molar-refractivity contribution in [2.24, 2.45) is 0 Å². The molecule has 3 aromatic rings. The van der Waals surface area contributed by atoms with Crippen LogP contribution in [0.4, 0.5) is 5.13 Å². The second-order valence-electron chi connectivity index (χ2n) is 5.95. The molecule has 0 aliphatic carbocycles. The smallest absolute Gasteiger partial charge is 0.226 e. The number of aryl methyl sites for hydroxylation is 1. The lowest BCUT2D eigenvalue weighted by molar-refractivity contribution is -0.115. The van der Waals surface area contributed by atoms with Gasteiger partial charge in [0, 0.05) is 28.0 Å². The molecule has 140 valence electrons. The zero-order valence-corrected chi connectivity index (χ0v) is 17.0. The first-order valence-electron chi connectivity index (χ1n) is 8.82. The average molecular weight is 399 g/mol. The van der Waals surface area contributed by atoms with Crippen LogP contribution in [0.25, 0.3) is 11.3 Å². The van der Waals surface area contributed by atoms with E-state index in [1.165, 1.54) is 21.8 Å². The lowest BCUT2D eigenvalue weighted by Crippen LogP contribution is -2.11. The summed E-state index contributed by atoms with van der Waals surface area (Å²) in [5.41, 5.74) is 3.10. The normalized spacial score (nSPS) is 10.6. The van der Waals surface area contributed by atoms with E-state index in [4.69, 9.17) is 4.74 Å². The fourth-order valence-electron chi connectivity index (χ4n) is 2.43. The Kier molecular flexibility index (Phi) is 6.90. The number of nitrogens with zero attached hydrogens (tertiary/aromatic N) is 1. The number of aromatic nitrogens is 1. The predicted molar refractivity (Wildman–Crippen MR) is 114 cm³/mol. The topological polar surface area (TPSA) is 51.2 Å². The minimum atomic E-state index is -0.0118. The number of carbonyl (C=O) groups is 1. The van der Waals surface area contributed by atoms with Gasteiger partial charge < -0.3 is 10.1 Å². The lowest BCUT2D eigenvalue weighted by atomic mass is 10.2. The lowest BCUT2D eigenvalue weighted by Gasteiger charge is -2.04. The summed E-state index contributed by atoms with van der Waals surface area (Å²) in [6.07, 6.45) is 0.455. The fourth-order valence-corrected chi connectivity index (χ4v) is 4.02. The average Bonchev–Trinajstić information content (AvgIpc) is 3.13. The number of amides is 1. The molecule has 2 aromatic carbocycles. The number of thiazole rings is 1.